The van der Waals surface area contributed by atoms with Crippen molar-refractivity contribution >= 4 is 0 Å². The standard InChI is InChI=1S/C8H14N4O/c1-2-13-8-11-10-7-4-3-6(9)5-12(7)8/h6H,2-5,9H2,1H3. The predicted octanol–water partition coefficient (Wildman–Crippen LogP) is -0.0497. The summed E-state index contributed by atoms with van der Waals surface area (Å²) in [6.45, 7) is 3.33. The molecule has 13 heavy (non-hydrogen) atoms. The summed E-state index contributed by atoms with van der Waals surface area (Å²) in [4.78, 5) is 0. The molecule has 0 aliphatic carbocycles. The second-order valence-electron chi connectivity index (χ2n) is 3.24. The molecule has 1 aliphatic heterocycles. The first kappa shape index (κ1) is 8.50. The van der Waals surface area contributed by atoms with Crippen LogP contribution in [0.1, 0.15) is 19.2 Å². The Balaban J connectivity index is 2.25. The van der Waals surface area contributed by atoms with Crippen molar-refractivity contribution in [1.82, 2.24) is 14.8 Å². The van der Waals surface area contributed by atoms with Crippen molar-refractivity contribution in [2.75, 3.05) is 6.61 Å². The summed E-state index contributed by atoms with van der Waals surface area (Å²) in [6, 6.07) is 0.815. The van der Waals surface area contributed by atoms with Crippen LogP contribution in [0.15, 0.2) is 0 Å². The zero-order chi connectivity index (χ0) is 9.26. The molecule has 0 fully saturated rings. The maximum atomic E-state index is 5.84. The predicted molar refractivity (Wildman–Crippen MR) is 47.5 cm³/mol. The van der Waals surface area contributed by atoms with Crippen LogP contribution < -0.4 is 10.5 Å². The number of hydrogen-bond donors (Lipinski definition) is 1. The van der Waals surface area contributed by atoms with Gasteiger partial charge in [-0.15, -0.1) is 5.10 Å². The molecule has 0 aromatic carbocycles. The van der Waals surface area contributed by atoms with Gasteiger partial charge in [0.25, 0.3) is 0 Å². The van der Waals surface area contributed by atoms with E-state index >= 15 is 0 Å². The molecule has 1 aliphatic rings. The number of fused-ring (bicyclic) bond motifs is 1. The van der Waals surface area contributed by atoms with Crippen LogP contribution >= 0.6 is 0 Å². The van der Waals surface area contributed by atoms with Gasteiger partial charge in [0.2, 0.25) is 0 Å². The smallest absolute Gasteiger partial charge is 0.316 e. The molecule has 1 aromatic heterocycles. The highest BCUT2D eigenvalue weighted by molar-refractivity contribution is 5.04. The van der Waals surface area contributed by atoms with E-state index in [1.54, 1.807) is 0 Å². The van der Waals surface area contributed by atoms with Gasteiger partial charge in [-0.2, -0.15) is 0 Å². The third-order valence-corrected chi connectivity index (χ3v) is 2.22. The second-order valence-corrected chi connectivity index (χ2v) is 3.24. The van der Waals surface area contributed by atoms with E-state index in [2.05, 4.69) is 10.2 Å². The summed E-state index contributed by atoms with van der Waals surface area (Å²) in [7, 11) is 0. The van der Waals surface area contributed by atoms with Crippen molar-refractivity contribution in [3.05, 3.63) is 5.82 Å². The van der Waals surface area contributed by atoms with Gasteiger partial charge in [0, 0.05) is 19.0 Å². The van der Waals surface area contributed by atoms with E-state index in [4.69, 9.17) is 10.5 Å². The summed E-state index contributed by atoms with van der Waals surface area (Å²) in [6.07, 6.45) is 1.89. The second kappa shape index (κ2) is 3.33. The Morgan fingerprint density at radius 1 is 1.62 bits per heavy atom. The maximum absolute atomic E-state index is 5.84. The molecule has 1 aromatic rings. The Morgan fingerprint density at radius 3 is 3.23 bits per heavy atom. The molecule has 0 spiro atoms. The van der Waals surface area contributed by atoms with Crippen LogP contribution in [-0.4, -0.2) is 27.4 Å². The Bertz CT molecular complexity index is 296. The maximum Gasteiger partial charge on any atom is 0.316 e. The molecular formula is C8H14N4O. The van der Waals surface area contributed by atoms with Crippen LogP contribution in [0.4, 0.5) is 0 Å². The molecular weight excluding hydrogens is 168 g/mol. The van der Waals surface area contributed by atoms with E-state index in [0.717, 1.165) is 25.2 Å². The molecule has 1 atom stereocenters. The van der Waals surface area contributed by atoms with Crippen LogP contribution in [0.5, 0.6) is 6.01 Å². The van der Waals surface area contributed by atoms with Crippen molar-refractivity contribution in [2.45, 2.75) is 32.4 Å². The number of aryl methyl sites for hydroxylation is 1. The zero-order valence-electron chi connectivity index (χ0n) is 7.73. The van der Waals surface area contributed by atoms with Gasteiger partial charge in [0.1, 0.15) is 5.82 Å². The monoisotopic (exact) mass is 182 g/mol. The summed E-state index contributed by atoms with van der Waals surface area (Å²) in [5.74, 6) is 0.991. The average molecular weight is 182 g/mol. The summed E-state index contributed by atoms with van der Waals surface area (Å²) in [5, 5.41) is 8.00. The number of ether oxygens (including phenoxy) is 1. The zero-order valence-corrected chi connectivity index (χ0v) is 7.73. The van der Waals surface area contributed by atoms with E-state index in [0.29, 0.717) is 12.6 Å². The first-order chi connectivity index (χ1) is 6.31. The molecule has 2 N–H and O–H groups in total. The van der Waals surface area contributed by atoms with Gasteiger partial charge in [-0.25, -0.2) is 0 Å². The number of aromatic nitrogens is 3. The normalized spacial score (nSPS) is 21.2. The van der Waals surface area contributed by atoms with Gasteiger partial charge in [0.15, 0.2) is 0 Å². The number of nitrogens with zero attached hydrogens (tertiary/aromatic N) is 3. The first-order valence-electron chi connectivity index (χ1n) is 4.61. The van der Waals surface area contributed by atoms with Gasteiger partial charge in [-0.3, -0.25) is 4.57 Å². The molecule has 0 bridgehead atoms. The number of hydrogen-bond acceptors (Lipinski definition) is 4. The fourth-order valence-electron chi connectivity index (χ4n) is 1.56. The minimum Gasteiger partial charge on any atom is -0.464 e. The highest BCUT2D eigenvalue weighted by Crippen LogP contribution is 2.17. The lowest BCUT2D eigenvalue weighted by Crippen LogP contribution is -2.32. The van der Waals surface area contributed by atoms with Gasteiger partial charge in [0.05, 0.1) is 6.61 Å². The van der Waals surface area contributed by atoms with Crippen molar-refractivity contribution in [3.8, 4) is 6.01 Å². The number of nitrogens with two attached hydrogens (primary N) is 1. The fourth-order valence-corrected chi connectivity index (χ4v) is 1.56. The van der Waals surface area contributed by atoms with Crippen LogP contribution in [0, 0.1) is 0 Å². The Hall–Kier alpha value is -1.10. The lowest BCUT2D eigenvalue weighted by Gasteiger charge is -2.20. The minimum absolute atomic E-state index is 0.211. The van der Waals surface area contributed by atoms with E-state index in [1.165, 1.54) is 0 Å². The molecule has 0 radical (unpaired) electrons. The SMILES string of the molecule is CCOc1nnc2n1CC(N)CC2. The molecule has 72 valence electrons. The molecule has 1 unspecified atom stereocenters. The van der Waals surface area contributed by atoms with Crippen molar-refractivity contribution in [1.29, 1.82) is 0 Å². The van der Waals surface area contributed by atoms with E-state index < -0.39 is 0 Å². The molecule has 2 heterocycles. The topological polar surface area (TPSA) is 66.0 Å². The summed E-state index contributed by atoms with van der Waals surface area (Å²) >= 11 is 0. The highest BCUT2D eigenvalue weighted by atomic mass is 16.5. The Kier molecular flexibility index (Phi) is 2.18. The van der Waals surface area contributed by atoms with Crippen LogP contribution in [-0.2, 0) is 13.0 Å². The lowest BCUT2D eigenvalue weighted by molar-refractivity contribution is 0.284. The van der Waals surface area contributed by atoms with E-state index in [1.807, 2.05) is 11.5 Å². The molecule has 0 amide bonds. The van der Waals surface area contributed by atoms with Gasteiger partial charge >= 0.3 is 6.01 Å². The Labute approximate surface area is 76.9 Å². The van der Waals surface area contributed by atoms with Gasteiger partial charge in [-0.05, 0) is 13.3 Å². The molecule has 5 heteroatoms. The van der Waals surface area contributed by atoms with Crippen molar-refractivity contribution < 1.29 is 4.74 Å². The Morgan fingerprint density at radius 2 is 2.46 bits per heavy atom. The summed E-state index contributed by atoms with van der Waals surface area (Å²) in [5.41, 5.74) is 5.84. The quantitative estimate of drug-likeness (QED) is 0.696. The van der Waals surface area contributed by atoms with Gasteiger partial charge < -0.3 is 10.5 Å². The minimum atomic E-state index is 0.211. The van der Waals surface area contributed by atoms with Crippen LogP contribution in [0.25, 0.3) is 0 Å². The molecule has 2 rings (SSSR count). The largest absolute Gasteiger partial charge is 0.464 e. The highest BCUT2D eigenvalue weighted by Gasteiger charge is 2.20. The number of rotatable bonds is 2. The molecule has 0 saturated carbocycles. The molecule has 0 saturated heterocycles. The first-order valence-corrected chi connectivity index (χ1v) is 4.61. The van der Waals surface area contributed by atoms with E-state index in [-0.39, 0.29) is 6.04 Å². The lowest BCUT2D eigenvalue weighted by atomic mass is 10.1. The van der Waals surface area contributed by atoms with Crippen molar-refractivity contribution in [2.24, 2.45) is 5.73 Å². The van der Waals surface area contributed by atoms with Crippen LogP contribution in [0.3, 0.4) is 0 Å². The third-order valence-electron chi connectivity index (χ3n) is 2.22. The van der Waals surface area contributed by atoms with Crippen LogP contribution in [0.2, 0.25) is 0 Å². The third kappa shape index (κ3) is 1.51. The van der Waals surface area contributed by atoms with E-state index in [9.17, 15) is 0 Å². The average Bonchev–Trinajstić information content (AvgIpc) is 2.49. The van der Waals surface area contributed by atoms with Gasteiger partial charge in [-0.1, -0.05) is 5.10 Å². The fraction of sp³-hybridized carbons (Fsp3) is 0.750. The summed E-state index contributed by atoms with van der Waals surface area (Å²) < 4.78 is 7.30. The van der Waals surface area contributed by atoms with Crippen molar-refractivity contribution in [3.63, 3.8) is 0 Å². The molecule has 5 nitrogen and oxygen atoms in total.